The molecule has 3 N–H and O–H groups in total. The summed E-state index contributed by atoms with van der Waals surface area (Å²) in [5.41, 5.74) is 5.12. The molecule has 0 aromatic carbocycles. The van der Waals surface area contributed by atoms with E-state index < -0.39 is 0 Å². The molecular formula is C4H5Cl2N3S. The third-order valence-electron chi connectivity index (χ3n) is 0.743. The number of amidine groups is 1. The van der Waals surface area contributed by atoms with Gasteiger partial charge in [0.1, 0.15) is 5.84 Å². The summed E-state index contributed by atoms with van der Waals surface area (Å²) in [6.07, 6.45) is 1.48. The van der Waals surface area contributed by atoms with Crippen molar-refractivity contribution in [2.24, 2.45) is 5.73 Å². The molecule has 6 heteroatoms. The number of hydrogen-bond donors (Lipinski definition) is 2. The van der Waals surface area contributed by atoms with Gasteiger partial charge >= 0.3 is 0 Å². The lowest BCUT2D eigenvalue weighted by atomic mass is 10.5. The molecule has 1 rings (SSSR count). The average molecular weight is 198 g/mol. The van der Waals surface area contributed by atoms with Crippen LogP contribution in [0.2, 0.25) is 4.47 Å². The van der Waals surface area contributed by atoms with Crippen LogP contribution in [0, 0.1) is 5.41 Å². The van der Waals surface area contributed by atoms with Gasteiger partial charge in [0, 0.05) is 0 Å². The monoisotopic (exact) mass is 197 g/mol. The van der Waals surface area contributed by atoms with Crippen molar-refractivity contribution in [3.05, 3.63) is 15.5 Å². The van der Waals surface area contributed by atoms with Crippen molar-refractivity contribution in [3.63, 3.8) is 0 Å². The van der Waals surface area contributed by atoms with Crippen LogP contribution in [0.3, 0.4) is 0 Å². The van der Waals surface area contributed by atoms with Crippen molar-refractivity contribution in [2.75, 3.05) is 0 Å². The Bertz CT molecular complexity index is 234. The van der Waals surface area contributed by atoms with Crippen LogP contribution in [0.15, 0.2) is 6.20 Å². The topological polar surface area (TPSA) is 62.8 Å². The van der Waals surface area contributed by atoms with Crippen LogP contribution in [-0.2, 0) is 0 Å². The van der Waals surface area contributed by atoms with Crippen molar-refractivity contribution in [2.45, 2.75) is 0 Å². The Balaban J connectivity index is 0.000000810. The van der Waals surface area contributed by atoms with Gasteiger partial charge in [-0.15, -0.1) is 12.4 Å². The molecule has 0 fully saturated rings. The summed E-state index contributed by atoms with van der Waals surface area (Å²) in [5.74, 6) is 0.0133. The van der Waals surface area contributed by atoms with Crippen molar-refractivity contribution >= 4 is 41.2 Å². The Kier molecular flexibility index (Phi) is 3.63. The fourth-order valence-corrected chi connectivity index (χ4v) is 1.18. The standard InChI is InChI=1S/C4H4ClN3S.ClH/c5-4-8-1-2(9-4)3(6)7;/h1H,(H3,6,7);1H. The van der Waals surface area contributed by atoms with Gasteiger partial charge < -0.3 is 5.73 Å². The maximum absolute atomic E-state index is 6.94. The Morgan fingerprint density at radius 1 is 1.80 bits per heavy atom. The average Bonchev–Trinajstić information content (AvgIpc) is 2.14. The van der Waals surface area contributed by atoms with Gasteiger partial charge in [0.05, 0.1) is 11.1 Å². The summed E-state index contributed by atoms with van der Waals surface area (Å²) in [4.78, 5) is 4.31. The summed E-state index contributed by atoms with van der Waals surface area (Å²) in [6.45, 7) is 0. The number of nitrogen functional groups attached to an aromatic ring is 1. The van der Waals surface area contributed by atoms with Gasteiger partial charge in [0.2, 0.25) is 0 Å². The van der Waals surface area contributed by atoms with E-state index in [2.05, 4.69) is 4.98 Å². The maximum atomic E-state index is 6.94. The predicted molar refractivity (Wildman–Crippen MR) is 45.4 cm³/mol. The molecule has 0 unspecified atom stereocenters. The molecule has 1 heterocycles. The third-order valence-corrected chi connectivity index (χ3v) is 1.89. The van der Waals surface area contributed by atoms with E-state index in [-0.39, 0.29) is 18.2 Å². The number of hydrogen-bond acceptors (Lipinski definition) is 3. The fourth-order valence-electron chi connectivity index (χ4n) is 0.377. The molecule has 1 aromatic heterocycles. The number of nitrogens with zero attached hydrogens (tertiary/aromatic N) is 1. The zero-order chi connectivity index (χ0) is 6.85. The van der Waals surface area contributed by atoms with Crippen LogP contribution < -0.4 is 5.73 Å². The molecular weight excluding hydrogens is 193 g/mol. The lowest BCUT2D eigenvalue weighted by molar-refractivity contribution is 1.39. The number of thiazole rings is 1. The van der Waals surface area contributed by atoms with Gasteiger partial charge in [0.15, 0.2) is 4.47 Å². The number of nitrogens with two attached hydrogens (primary N) is 1. The zero-order valence-electron chi connectivity index (χ0n) is 4.80. The molecule has 0 aliphatic carbocycles. The first-order valence-corrected chi connectivity index (χ1v) is 3.35. The minimum absolute atomic E-state index is 0. The van der Waals surface area contributed by atoms with Crippen LogP contribution in [-0.4, -0.2) is 10.8 Å². The first kappa shape index (κ1) is 9.68. The van der Waals surface area contributed by atoms with Crippen LogP contribution in [0.5, 0.6) is 0 Å². The van der Waals surface area contributed by atoms with Gasteiger partial charge in [-0.3, -0.25) is 5.41 Å². The molecule has 10 heavy (non-hydrogen) atoms. The van der Waals surface area contributed by atoms with Crippen LogP contribution >= 0.6 is 35.3 Å². The SMILES string of the molecule is Cl.N=C(N)c1cnc(Cl)s1. The quantitative estimate of drug-likeness (QED) is 0.530. The highest BCUT2D eigenvalue weighted by Crippen LogP contribution is 2.16. The highest BCUT2D eigenvalue weighted by atomic mass is 35.5. The van der Waals surface area contributed by atoms with Crippen molar-refractivity contribution < 1.29 is 0 Å². The molecule has 0 saturated heterocycles. The van der Waals surface area contributed by atoms with Gasteiger partial charge in [-0.1, -0.05) is 22.9 Å². The number of rotatable bonds is 1. The van der Waals surface area contributed by atoms with E-state index in [0.717, 1.165) is 0 Å². The third kappa shape index (κ3) is 2.13. The first-order valence-electron chi connectivity index (χ1n) is 2.16. The Hall–Kier alpha value is -0.320. The Morgan fingerprint density at radius 3 is 2.60 bits per heavy atom. The largest absolute Gasteiger partial charge is 0.383 e. The van der Waals surface area contributed by atoms with E-state index >= 15 is 0 Å². The van der Waals surface area contributed by atoms with Gasteiger partial charge in [0.25, 0.3) is 0 Å². The fraction of sp³-hybridized carbons (Fsp3) is 0. The van der Waals surface area contributed by atoms with E-state index in [4.69, 9.17) is 22.7 Å². The zero-order valence-corrected chi connectivity index (χ0v) is 7.19. The van der Waals surface area contributed by atoms with Crippen molar-refractivity contribution in [1.82, 2.24) is 4.98 Å². The van der Waals surface area contributed by atoms with Crippen molar-refractivity contribution in [1.29, 1.82) is 5.41 Å². The number of aromatic nitrogens is 1. The molecule has 0 aliphatic heterocycles. The molecule has 56 valence electrons. The number of nitrogens with one attached hydrogen (secondary N) is 1. The normalized spacial score (nSPS) is 8.50. The molecule has 0 spiro atoms. The molecule has 0 saturated carbocycles. The van der Waals surface area contributed by atoms with Crippen LogP contribution in [0.4, 0.5) is 0 Å². The minimum atomic E-state index is 0. The second-order valence-corrected chi connectivity index (χ2v) is 3.00. The smallest absolute Gasteiger partial charge is 0.184 e. The summed E-state index contributed by atoms with van der Waals surface area (Å²) in [5, 5.41) is 6.94. The molecule has 0 atom stereocenters. The lowest BCUT2D eigenvalue weighted by Crippen LogP contribution is -2.08. The van der Waals surface area contributed by atoms with Crippen LogP contribution in [0.25, 0.3) is 0 Å². The van der Waals surface area contributed by atoms with E-state index in [0.29, 0.717) is 9.34 Å². The van der Waals surface area contributed by atoms with E-state index in [9.17, 15) is 0 Å². The van der Waals surface area contributed by atoms with Gasteiger partial charge in [-0.25, -0.2) is 4.98 Å². The molecule has 0 amide bonds. The highest BCUT2D eigenvalue weighted by Gasteiger charge is 1.99. The Labute approximate surface area is 73.1 Å². The van der Waals surface area contributed by atoms with E-state index in [1.807, 2.05) is 0 Å². The second-order valence-electron chi connectivity index (χ2n) is 1.39. The summed E-state index contributed by atoms with van der Waals surface area (Å²) in [6, 6.07) is 0. The van der Waals surface area contributed by atoms with Crippen molar-refractivity contribution in [3.8, 4) is 0 Å². The molecule has 0 aliphatic rings. The van der Waals surface area contributed by atoms with Crippen LogP contribution in [0.1, 0.15) is 4.88 Å². The summed E-state index contributed by atoms with van der Waals surface area (Å²) in [7, 11) is 0. The number of halogens is 2. The molecule has 1 aromatic rings. The highest BCUT2D eigenvalue weighted by molar-refractivity contribution is 7.17. The molecule has 0 bridgehead atoms. The van der Waals surface area contributed by atoms with Gasteiger partial charge in [-0.2, -0.15) is 0 Å². The van der Waals surface area contributed by atoms with E-state index in [1.165, 1.54) is 17.5 Å². The Morgan fingerprint density at radius 2 is 2.40 bits per heavy atom. The first-order chi connectivity index (χ1) is 4.20. The molecule has 0 radical (unpaired) electrons. The maximum Gasteiger partial charge on any atom is 0.184 e. The summed E-state index contributed by atoms with van der Waals surface area (Å²) < 4.78 is 0.417. The molecule has 3 nitrogen and oxygen atoms in total. The van der Waals surface area contributed by atoms with E-state index in [1.54, 1.807) is 0 Å². The minimum Gasteiger partial charge on any atom is -0.383 e. The predicted octanol–water partition coefficient (Wildman–Crippen LogP) is 1.50. The van der Waals surface area contributed by atoms with Gasteiger partial charge in [-0.05, 0) is 0 Å². The lowest BCUT2D eigenvalue weighted by Gasteiger charge is -1.83. The second kappa shape index (κ2) is 3.75. The summed E-state index contributed by atoms with van der Waals surface area (Å²) >= 11 is 6.66.